The average molecular weight is 269 g/mol. The number of fused-ring (bicyclic) bond motifs is 3. The molecule has 1 aromatic carbocycles. The van der Waals surface area contributed by atoms with Gasteiger partial charge >= 0.3 is 6.09 Å². The Morgan fingerprint density at radius 3 is 2.70 bits per heavy atom. The zero-order chi connectivity index (χ0) is 14.3. The van der Waals surface area contributed by atoms with Crippen molar-refractivity contribution in [2.45, 2.75) is 26.4 Å². The van der Waals surface area contributed by atoms with E-state index in [1.54, 1.807) is 6.20 Å². The first kappa shape index (κ1) is 12.6. The molecule has 0 N–H and O–H groups in total. The van der Waals surface area contributed by atoms with Gasteiger partial charge in [-0.2, -0.15) is 0 Å². The Bertz CT molecular complexity index is 746. The van der Waals surface area contributed by atoms with Crippen LogP contribution in [0.5, 0.6) is 0 Å². The standard InChI is InChI=1S/C15H15N3O2/c1-15(2,3)20-14(19)18-12-7-5-4-6-10(12)11-8-16-9-17-13(11)18/h4-9H,1-3H3. The minimum Gasteiger partial charge on any atom is -0.443 e. The van der Waals surface area contributed by atoms with Gasteiger partial charge in [0.15, 0.2) is 5.65 Å². The summed E-state index contributed by atoms with van der Waals surface area (Å²) in [4.78, 5) is 20.7. The predicted molar refractivity (Wildman–Crippen MR) is 76.7 cm³/mol. The number of hydrogen-bond acceptors (Lipinski definition) is 4. The van der Waals surface area contributed by atoms with Gasteiger partial charge < -0.3 is 4.74 Å². The van der Waals surface area contributed by atoms with Gasteiger partial charge in [0, 0.05) is 17.0 Å². The second-order valence-electron chi connectivity index (χ2n) is 5.59. The smallest absolute Gasteiger partial charge is 0.420 e. The number of nitrogens with zero attached hydrogens (tertiary/aromatic N) is 3. The fourth-order valence-corrected chi connectivity index (χ4v) is 2.19. The summed E-state index contributed by atoms with van der Waals surface area (Å²) in [5.74, 6) is 0. The summed E-state index contributed by atoms with van der Waals surface area (Å²) in [6.07, 6.45) is 2.72. The summed E-state index contributed by atoms with van der Waals surface area (Å²) in [7, 11) is 0. The van der Waals surface area contributed by atoms with Crippen LogP contribution >= 0.6 is 0 Å². The van der Waals surface area contributed by atoms with E-state index in [1.165, 1.54) is 10.9 Å². The minimum absolute atomic E-state index is 0.428. The van der Waals surface area contributed by atoms with Crippen molar-refractivity contribution in [2.75, 3.05) is 0 Å². The Kier molecular flexibility index (Phi) is 2.71. The van der Waals surface area contributed by atoms with E-state index < -0.39 is 11.7 Å². The molecule has 20 heavy (non-hydrogen) atoms. The molecular weight excluding hydrogens is 254 g/mol. The van der Waals surface area contributed by atoms with Crippen molar-refractivity contribution < 1.29 is 9.53 Å². The second kappa shape index (κ2) is 4.30. The normalized spacial score (nSPS) is 11.9. The van der Waals surface area contributed by atoms with Crippen LogP contribution in [-0.4, -0.2) is 26.2 Å². The summed E-state index contributed by atoms with van der Waals surface area (Å²) >= 11 is 0. The molecule has 0 fully saturated rings. The third-order valence-electron chi connectivity index (χ3n) is 2.91. The van der Waals surface area contributed by atoms with Crippen LogP contribution in [0.3, 0.4) is 0 Å². The molecule has 0 bridgehead atoms. The maximum absolute atomic E-state index is 12.4. The van der Waals surface area contributed by atoms with Gasteiger partial charge in [-0.05, 0) is 26.8 Å². The first-order valence-corrected chi connectivity index (χ1v) is 6.40. The van der Waals surface area contributed by atoms with E-state index in [0.717, 1.165) is 16.3 Å². The van der Waals surface area contributed by atoms with Crippen molar-refractivity contribution >= 4 is 28.0 Å². The number of benzene rings is 1. The molecule has 0 unspecified atom stereocenters. The van der Waals surface area contributed by atoms with Gasteiger partial charge in [0.1, 0.15) is 11.9 Å². The SMILES string of the molecule is CC(C)(C)OC(=O)n1c2ccccc2c2cncnc21. The third kappa shape index (κ3) is 2.01. The second-order valence-corrected chi connectivity index (χ2v) is 5.59. The Hall–Kier alpha value is -2.43. The highest BCUT2D eigenvalue weighted by Crippen LogP contribution is 2.27. The fraction of sp³-hybridized carbons (Fsp3) is 0.267. The zero-order valence-corrected chi connectivity index (χ0v) is 11.6. The van der Waals surface area contributed by atoms with Crippen LogP contribution in [0.2, 0.25) is 0 Å². The van der Waals surface area contributed by atoms with Gasteiger partial charge in [0.05, 0.1) is 5.52 Å². The highest BCUT2D eigenvalue weighted by atomic mass is 16.6. The lowest BCUT2D eigenvalue weighted by Crippen LogP contribution is -2.27. The Labute approximate surface area is 116 Å². The van der Waals surface area contributed by atoms with Crippen molar-refractivity contribution in [3.8, 4) is 0 Å². The number of ether oxygens (including phenoxy) is 1. The molecule has 0 spiro atoms. The quantitative estimate of drug-likeness (QED) is 0.628. The topological polar surface area (TPSA) is 57.0 Å². The van der Waals surface area contributed by atoms with Crippen LogP contribution in [0, 0.1) is 0 Å². The maximum atomic E-state index is 12.4. The highest BCUT2D eigenvalue weighted by Gasteiger charge is 2.22. The van der Waals surface area contributed by atoms with E-state index in [-0.39, 0.29) is 0 Å². The van der Waals surface area contributed by atoms with E-state index in [0.29, 0.717) is 5.65 Å². The van der Waals surface area contributed by atoms with Gasteiger partial charge in [-0.1, -0.05) is 18.2 Å². The molecule has 0 radical (unpaired) electrons. The number of carbonyl (C=O) groups is 1. The van der Waals surface area contributed by atoms with Crippen LogP contribution in [0.1, 0.15) is 20.8 Å². The van der Waals surface area contributed by atoms with Gasteiger partial charge in [0.25, 0.3) is 0 Å². The zero-order valence-electron chi connectivity index (χ0n) is 11.6. The molecule has 5 heteroatoms. The van der Waals surface area contributed by atoms with Crippen molar-refractivity contribution in [3.63, 3.8) is 0 Å². The molecule has 2 heterocycles. The van der Waals surface area contributed by atoms with Crippen LogP contribution in [-0.2, 0) is 4.74 Å². The number of rotatable bonds is 0. The first-order valence-electron chi connectivity index (χ1n) is 6.40. The van der Waals surface area contributed by atoms with Crippen molar-refractivity contribution in [1.82, 2.24) is 14.5 Å². The molecule has 0 amide bonds. The minimum atomic E-state index is -0.554. The van der Waals surface area contributed by atoms with Crippen molar-refractivity contribution in [2.24, 2.45) is 0 Å². The van der Waals surface area contributed by atoms with Gasteiger partial charge in [-0.15, -0.1) is 0 Å². The van der Waals surface area contributed by atoms with Gasteiger partial charge in [-0.25, -0.2) is 19.3 Å². The predicted octanol–water partition coefficient (Wildman–Crippen LogP) is 3.37. The van der Waals surface area contributed by atoms with E-state index in [4.69, 9.17) is 4.74 Å². The first-order chi connectivity index (χ1) is 9.47. The molecule has 3 rings (SSSR count). The lowest BCUT2D eigenvalue weighted by molar-refractivity contribution is 0.0550. The highest BCUT2D eigenvalue weighted by molar-refractivity contribution is 6.10. The number of hydrogen-bond donors (Lipinski definition) is 0. The Balaban J connectivity index is 2.29. The van der Waals surface area contributed by atoms with Crippen LogP contribution < -0.4 is 0 Å². The summed E-state index contributed by atoms with van der Waals surface area (Å²) in [6.45, 7) is 5.52. The molecule has 5 nitrogen and oxygen atoms in total. The molecule has 0 saturated heterocycles. The Morgan fingerprint density at radius 2 is 1.95 bits per heavy atom. The van der Waals surface area contributed by atoms with E-state index in [2.05, 4.69) is 9.97 Å². The average Bonchev–Trinajstić information content (AvgIpc) is 2.71. The largest absolute Gasteiger partial charge is 0.443 e. The summed E-state index contributed by atoms with van der Waals surface area (Å²) < 4.78 is 6.96. The van der Waals surface area contributed by atoms with Crippen LogP contribution in [0.25, 0.3) is 21.9 Å². The lowest BCUT2D eigenvalue weighted by Gasteiger charge is -2.19. The molecule has 0 aliphatic rings. The van der Waals surface area contributed by atoms with Crippen molar-refractivity contribution in [3.05, 3.63) is 36.8 Å². The molecule has 3 aromatic rings. The van der Waals surface area contributed by atoms with E-state index in [9.17, 15) is 4.79 Å². The number of para-hydroxylation sites is 1. The lowest BCUT2D eigenvalue weighted by atomic mass is 10.2. The maximum Gasteiger partial charge on any atom is 0.420 e. The third-order valence-corrected chi connectivity index (χ3v) is 2.91. The van der Waals surface area contributed by atoms with Crippen molar-refractivity contribution in [1.29, 1.82) is 0 Å². The van der Waals surface area contributed by atoms with Crippen LogP contribution in [0.4, 0.5) is 4.79 Å². The van der Waals surface area contributed by atoms with E-state index in [1.807, 2.05) is 45.0 Å². The molecule has 0 aliphatic carbocycles. The van der Waals surface area contributed by atoms with E-state index >= 15 is 0 Å². The Morgan fingerprint density at radius 1 is 1.20 bits per heavy atom. The summed E-state index contributed by atoms with van der Waals surface area (Å²) in [6, 6.07) is 7.63. The fourth-order valence-electron chi connectivity index (χ4n) is 2.19. The molecular formula is C15H15N3O2. The molecule has 0 atom stereocenters. The number of carbonyl (C=O) groups excluding carboxylic acids is 1. The van der Waals surface area contributed by atoms with Gasteiger partial charge in [-0.3, -0.25) is 0 Å². The molecule has 0 saturated carbocycles. The van der Waals surface area contributed by atoms with Gasteiger partial charge in [0.2, 0.25) is 0 Å². The summed E-state index contributed by atoms with van der Waals surface area (Å²) in [5, 5.41) is 1.78. The van der Waals surface area contributed by atoms with Crippen LogP contribution in [0.15, 0.2) is 36.8 Å². The molecule has 102 valence electrons. The number of aromatic nitrogens is 3. The molecule has 0 aliphatic heterocycles. The monoisotopic (exact) mass is 269 g/mol. The summed E-state index contributed by atoms with van der Waals surface area (Å²) in [5.41, 5.74) is 0.787. The molecule has 2 aromatic heterocycles.